The molecule has 0 aliphatic heterocycles. The lowest BCUT2D eigenvalue weighted by Gasteiger charge is -2.40. The van der Waals surface area contributed by atoms with Gasteiger partial charge in [-0.3, -0.25) is 9.79 Å². The first-order valence-corrected chi connectivity index (χ1v) is 9.31. The number of nitrogens with zero attached hydrogens (tertiary/aromatic N) is 2. The number of anilines is 1. The predicted octanol–water partition coefficient (Wildman–Crippen LogP) is 2.85. The molecule has 1 aromatic heterocycles. The number of hydrogen-bond acceptors (Lipinski definition) is 3. The molecule has 0 spiro atoms. The number of carbonyl (C=O) groups excluding carboxylic acids is 1. The minimum absolute atomic E-state index is 0.0521. The highest BCUT2D eigenvalue weighted by Gasteiger charge is 2.34. The number of pyridine rings is 1. The number of hydrogen-bond donors (Lipinski definition) is 3. The highest BCUT2D eigenvalue weighted by molar-refractivity contribution is 5.90. The van der Waals surface area contributed by atoms with Crippen LogP contribution in [0.5, 0.6) is 0 Å². The summed E-state index contributed by atoms with van der Waals surface area (Å²) in [6, 6.07) is 3.75. The molecule has 1 saturated carbocycles. The van der Waals surface area contributed by atoms with Crippen LogP contribution in [0.3, 0.4) is 0 Å². The summed E-state index contributed by atoms with van der Waals surface area (Å²) in [5, 5.41) is 9.31. The molecule has 3 N–H and O–H groups in total. The van der Waals surface area contributed by atoms with Crippen molar-refractivity contribution in [3.63, 3.8) is 0 Å². The maximum Gasteiger partial charge on any atom is 0.227 e. The SMILES string of the molecule is CCNC(=NCC1(CC)CCC1)NCCC(=O)Nc1ccc(C)cn1. The van der Waals surface area contributed by atoms with E-state index in [1.54, 1.807) is 6.20 Å². The van der Waals surface area contributed by atoms with E-state index in [0.29, 0.717) is 24.2 Å². The minimum atomic E-state index is -0.0521. The number of carbonyl (C=O) groups is 1. The molecule has 6 heteroatoms. The Kier molecular flexibility index (Phi) is 7.22. The van der Waals surface area contributed by atoms with E-state index in [4.69, 9.17) is 4.99 Å². The second-order valence-electron chi connectivity index (χ2n) is 6.85. The molecular weight excluding hydrogens is 314 g/mol. The topological polar surface area (TPSA) is 78.4 Å². The van der Waals surface area contributed by atoms with Crippen molar-refractivity contribution >= 4 is 17.7 Å². The zero-order chi connectivity index (χ0) is 18.1. The van der Waals surface area contributed by atoms with Gasteiger partial charge in [0.25, 0.3) is 0 Å². The zero-order valence-electron chi connectivity index (χ0n) is 15.7. The summed E-state index contributed by atoms with van der Waals surface area (Å²) in [5.74, 6) is 1.33. The van der Waals surface area contributed by atoms with Gasteiger partial charge in [-0.15, -0.1) is 0 Å². The number of aryl methyl sites for hydroxylation is 1. The molecule has 138 valence electrons. The highest BCUT2D eigenvalue weighted by atomic mass is 16.1. The van der Waals surface area contributed by atoms with Crippen molar-refractivity contribution in [3.05, 3.63) is 23.9 Å². The average molecular weight is 345 g/mol. The number of rotatable bonds is 8. The summed E-state index contributed by atoms with van der Waals surface area (Å²) >= 11 is 0. The van der Waals surface area contributed by atoms with E-state index in [2.05, 4.69) is 27.9 Å². The molecule has 0 aromatic carbocycles. The monoisotopic (exact) mass is 345 g/mol. The number of amides is 1. The van der Waals surface area contributed by atoms with Gasteiger partial charge in [0.2, 0.25) is 5.91 Å². The third kappa shape index (κ3) is 6.03. The van der Waals surface area contributed by atoms with E-state index < -0.39 is 0 Å². The van der Waals surface area contributed by atoms with Gasteiger partial charge in [0, 0.05) is 32.3 Å². The maximum absolute atomic E-state index is 12.0. The molecule has 0 atom stereocenters. The molecule has 1 aliphatic carbocycles. The smallest absolute Gasteiger partial charge is 0.227 e. The first kappa shape index (κ1) is 19.2. The third-order valence-corrected chi connectivity index (χ3v) is 4.90. The Hall–Kier alpha value is -2.11. The first-order chi connectivity index (χ1) is 12.1. The number of aromatic nitrogens is 1. The van der Waals surface area contributed by atoms with E-state index >= 15 is 0 Å². The van der Waals surface area contributed by atoms with Gasteiger partial charge in [-0.25, -0.2) is 4.98 Å². The van der Waals surface area contributed by atoms with Crippen LogP contribution in [0.25, 0.3) is 0 Å². The summed E-state index contributed by atoms with van der Waals surface area (Å²) in [5.41, 5.74) is 1.47. The maximum atomic E-state index is 12.0. The van der Waals surface area contributed by atoms with Crippen LogP contribution < -0.4 is 16.0 Å². The van der Waals surface area contributed by atoms with Gasteiger partial charge in [0.15, 0.2) is 5.96 Å². The molecule has 1 fully saturated rings. The minimum Gasteiger partial charge on any atom is -0.357 e. The fraction of sp³-hybridized carbons (Fsp3) is 0.632. The Bertz CT molecular complexity index is 572. The predicted molar refractivity (Wildman–Crippen MR) is 103 cm³/mol. The molecule has 25 heavy (non-hydrogen) atoms. The van der Waals surface area contributed by atoms with Crippen LogP contribution in [0.15, 0.2) is 23.3 Å². The van der Waals surface area contributed by atoms with Crippen LogP contribution in [0.1, 0.15) is 51.5 Å². The van der Waals surface area contributed by atoms with Gasteiger partial charge in [-0.1, -0.05) is 19.4 Å². The van der Waals surface area contributed by atoms with Gasteiger partial charge in [0.05, 0.1) is 0 Å². The van der Waals surface area contributed by atoms with Crippen molar-refractivity contribution in [2.24, 2.45) is 10.4 Å². The van der Waals surface area contributed by atoms with Crippen molar-refractivity contribution in [1.29, 1.82) is 0 Å². The van der Waals surface area contributed by atoms with Crippen LogP contribution in [0.2, 0.25) is 0 Å². The van der Waals surface area contributed by atoms with Gasteiger partial charge >= 0.3 is 0 Å². The molecule has 1 aromatic rings. The molecule has 1 amide bonds. The summed E-state index contributed by atoms with van der Waals surface area (Å²) < 4.78 is 0. The molecule has 1 heterocycles. The van der Waals surface area contributed by atoms with Crippen LogP contribution in [-0.4, -0.2) is 36.5 Å². The normalized spacial score (nSPS) is 16.0. The van der Waals surface area contributed by atoms with Crippen LogP contribution >= 0.6 is 0 Å². The average Bonchev–Trinajstić information content (AvgIpc) is 2.56. The van der Waals surface area contributed by atoms with Gasteiger partial charge in [-0.05, 0) is 50.2 Å². The fourth-order valence-electron chi connectivity index (χ4n) is 2.93. The molecule has 6 nitrogen and oxygen atoms in total. The number of guanidine groups is 1. The Morgan fingerprint density at radius 2 is 2.08 bits per heavy atom. The molecule has 0 bridgehead atoms. The highest BCUT2D eigenvalue weighted by Crippen LogP contribution is 2.43. The largest absolute Gasteiger partial charge is 0.357 e. The molecule has 0 saturated heterocycles. The van der Waals surface area contributed by atoms with Crippen molar-refractivity contribution in [2.45, 2.75) is 52.9 Å². The standard InChI is InChI=1S/C19H31N5O/c1-4-19(10-6-11-19)14-23-18(20-5-2)21-12-9-17(25)24-16-8-7-15(3)13-22-16/h7-8,13H,4-6,9-12,14H2,1-3H3,(H2,20,21,23)(H,22,24,25). The Morgan fingerprint density at radius 1 is 1.28 bits per heavy atom. The van der Waals surface area contributed by atoms with E-state index in [1.165, 1.54) is 25.7 Å². The molecular formula is C19H31N5O. The number of nitrogens with one attached hydrogen (secondary N) is 3. The zero-order valence-corrected chi connectivity index (χ0v) is 15.7. The lowest BCUT2D eigenvalue weighted by Crippen LogP contribution is -2.40. The van der Waals surface area contributed by atoms with E-state index in [-0.39, 0.29) is 5.91 Å². The van der Waals surface area contributed by atoms with E-state index in [9.17, 15) is 4.79 Å². The molecule has 0 radical (unpaired) electrons. The van der Waals surface area contributed by atoms with Gasteiger partial charge in [-0.2, -0.15) is 0 Å². The van der Waals surface area contributed by atoms with E-state index in [0.717, 1.165) is 24.6 Å². The summed E-state index contributed by atoms with van der Waals surface area (Å²) in [6.07, 6.45) is 7.17. The lowest BCUT2D eigenvalue weighted by atomic mass is 9.67. The second-order valence-corrected chi connectivity index (χ2v) is 6.85. The molecule has 0 unspecified atom stereocenters. The quantitative estimate of drug-likeness (QED) is 0.500. The van der Waals surface area contributed by atoms with Crippen LogP contribution in [0.4, 0.5) is 5.82 Å². The van der Waals surface area contributed by atoms with Crippen molar-refractivity contribution in [2.75, 3.05) is 25.0 Å². The van der Waals surface area contributed by atoms with Crippen molar-refractivity contribution in [1.82, 2.24) is 15.6 Å². The molecule has 1 aliphatic rings. The summed E-state index contributed by atoms with van der Waals surface area (Å²) in [6.45, 7) is 8.48. The summed E-state index contributed by atoms with van der Waals surface area (Å²) in [4.78, 5) is 20.9. The van der Waals surface area contributed by atoms with Crippen LogP contribution in [0, 0.1) is 12.3 Å². The Morgan fingerprint density at radius 3 is 2.64 bits per heavy atom. The molecule has 2 rings (SSSR count). The van der Waals surface area contributed by atoms with Crippen LogP contribution in [-0.2, 0) is 4.79 Å². The van der Waals surface area contributed by atoms with Gasteiger partial charge < -0.3 is 16.0 Å². The van der Waals surface area contributed by atoms with Crippen molar-refractivity contribution in [3.8, 4) is 0 Å². The lowest BCUT2D eigenvalue weighted by molar-refractivity contribution is -0.116. The first-order valence-electron chi connectivity index (χ1n) is 9.31. The third-order valence-electron chi connectivity index (χ3n) is 4.90. The second kappa shape index (κ2) is 9.39. The number of aliphatic imine (C=N–C) groups is 1. The van der Waals surface area contributed by atoms with E-state index in [1.807, 2.05) is 26.0 Å². The van der Waals surface area contributed by atoms with Crippen molar-refractivity contribution < 1.29 is 4.79 Å². The Labute approximate surface area is 150 Å². The van der Waals surface area contributed by atoms with Gasteiger partial charge in [0.1, 0.15) is 5.82 Å². The summed E-state index contributed by atoms with van der Waals surface area (Å²) in [7, 11) is 0. The Balaban J connectivity index is 1.76. The fourth-order valence-corrected chi connectivity index (χ4v) is 2.93.